The minimum absolute atomic E-state index is 0.0280. The highest BCUT2D eigenvalue weighted by Crippen LogP contribution is 2.25. The van der Waals surface area contributed by atoms with Gasteiger partial charge in [-0.05, 0) is 30.3 Å². The second-order valence-electron chi connectivity index (χ2n) is 6.14. The molecule has 8 heteroatoms. The Morgan fingerprint density at radius 3 is 2.82 bits per heavy atom. The van der Waals surface area contributed by atoms with Crippen molar-refractivity contribution in [1.29, 1.82) is 0 Å². The first-order chi connectivity index (χ1) is 13.6. The van der Waals surface area contributed by atoms with Gasteiger partial charge in [0.2, 0.25) is 0 Å². The maximum absolute atomic E-state index is 12.7. The molecule has 2 aromatic carbocycles. The topological polar surface area (TPSA) is 99.2 Å². The monoisotopic (exact) mass is 376 g/mol. The average molecular weight is 376 g/mol. The van der Waals surface area contributed by atoms with Crippen LogP contribution in [-0.4, -0.2) is 43.2 Å². The van der Waals surface area contributed by atoms with E-state index in [4.69, 9.17) is 4.74 Å². The van der Waals surface area contributed by atoms with Crippen molar-refractivity contribution in [3.05, 3.63) is 72.3 Å². The number of carbonyl (C=O) groups excluding carboxylic acids is 2. The average Bonchev–Trinajstić information content (AvgIpc) is 3.36. The molecule has 28 heavy (non-hydrogen) atoms. The van der Waals surface area contributed by atoms with Gasteiger partial charge in [-0.15, -0.1) is 0 Å². The van der Waals surface area contributed by atoms with Gasteiger partial charge in [0, 0.05) is 6.20 Å². The van der Waals surface area contributed by atoms with Gasteiger partial charge in [0.1, 0.15) is 18.0 Å². The second-order valence-corrected chi connectivity index (χ2v) is 6.14. The number of nitrogens with zero attached hydrogens (tertiary/aromatic N) is 4. The van der Waals surface area contributed by atoms with E-state index in [1.54, 1.807) is 17.0 Å². The zero-order valence-electron chi connectivity index (χ0n) is 14.9. The Kier molecular flexibility index (Phi) is 4.36. The number of fused-ring (bicyclic) bond motifs is 1. The molecule has 0 saturated carbocycles. The summed E-state index contributed by atoms with van der Waals surface area (Å²) in [5.41, 5.74) is 1.89. The Bertz CT molecular complexity index is 1190. The number of para-hydroxylation sites is 2. The molecular weight excluding hydrogens is 360 g/mol. The van der Waals surface area contributed by atoms with Crippen molar-refractivity contribution in [3.63, 3.8) is 0 Å². The fourth-order valence-electron chi connectivity index (χ4n) is 2.91. The number of ether oxygens (including phenoxy) is 1. The van der Waals surface area contributed by atoms with Crippen molar-refractivity contribution in [2.75, 3.05) is 7.11 Å². The SMILES string of the molecule is COc1ccc(O)c(C(=O)c2cnn(C(=O)Cn3cnc4ccccc43)c2)c1. The number of ketones is 1. The summed E-state index contributed by atoms with van der Waals surface area (Å²) in [6, 6.07) is 11.9. The second kappa shape index (κ2) is 6.99. The number of hydrogen-bond acceptors (Lipinski definition) is 6. The molecule has 1 N–H and O–H groups in total. The number of methoxy groups -OCH3 is 1. The smallest absolute Gasteiger partial charge is 0.266 e. The summed E-state index contributed by atoms with van der Waals surface area (Å²) in [6.45, 7) is 0.0280. The van der Waals surface area contributed by atoms with Crippen LogP contribution in [0.2, 0.25) is 0 Å². The first kappa shape index (κ1) is 17.5. The predicted molar refractivity (Wildman–Crippen MR) is 101 cm³/mol. The van der Waals surface area contributed by atoms with Gasteiger partial charge in [-0.25, -0.2) is 9.67 Å². The number of rotatable bonds is 5. The summed E-state index contributed by atoms with van der Waals surface area (Å²) in [6.07, 6.45) is 4.24. The molecule has 0 amide bonds. The third-order valence-electron chi connectivity index (χ3n) is 4.38. The number of benzene rings is 2. The molecule has 0 atom stereocenters. The largest absolute Gasteiger partial charge is 0.507 e. The molecule has 0 radical (unpaired) electrons. The van der Waals surface area contributed by atoms with E-state index in [9.17, 15) is 14.7 Å². The van der Waals surface area contributed by atoms with Gasteiger partial charge < -0.3 is 14.4 Å². The first-order valence-corrected chi connectivity index (χ1v) is 8.46. The Labute approximate surface area is 159 Å². The summed E-state index contributed by atoms with van der Waals surface area (Å²) < 4.78 is 7.91. The molecule has 0 fully saturated rings. The van der Waals surface area contributed by atoms with Crippen LogP contribution in [0.3, 0.4) is 0 Å². The van der Waals surface area contributed by atoms with Crippen molar-refractivity contribution in [3.8, 4) is 11.5 Å². The Hall–Kier alpha value is -3.94. The van der Waals surface area contributed by atoms with Gasteiger partial charge in [-0.3, -0.25) is 9.59 Å². The zero-order valence-corrected chi connectivity index (χ0v) is 14.9. The Morgan fingerprint density at radius 1 is 1.18 bits per heavy atom. The molecule has 4 rings (SSSR count). The molecule has 2 heterocycles. The minimum atomic E-state index is -0.455. The standard InChI is InChI=1S/C20H16N4O4/c1-28-14-6-7-18(25)15(8-14)20(27)13-9-22-24(10-13)19(26)11-23-12-21-16-4-2-3-5-17(16)23/h2-10,12,25H,11H2,1H3. The fraction of sp³-hybridized carbons (Fsp3) is 0.100. The highest BCUT2D eigenvalue weighted by molar-refractivity contribution is 6.10. The van der Waals surface area contributed by atoms with Crippen LogP contribution in [-0.2, 0) is 6.54 Å². The van der Waals surface area contributed by atoms with Crippen LogP contribution in [0.4, 0.5) is 0 Å². The summed E-state index contributed by atoms with van der Waals surface area (Å²) in [5.74, 6) is -0.507. The lowest BCUT2D eigenvalue weighted by atomic mass is 10.1. The van der Waals surface area contributed by atoms with E-state index in [1.165, 1.54) is 31.6 Å². The van der Waals surface area contributed by atoms with Crippen LogP contribution in [0.5, 0.6) is 11.5 Å². The van der Waals surface area contributed by atoms with Crippen LogP contribution in [0, 0.1) is 0 Å². The highest BCUT2D eigenvalue weighted by Gasteiger charge is 2.18. The van der Waals surface area contributed by atoms with E-state index in [2.05, 4.69) is 10.1 Å². The molecule has 0 aliphatic carbocycles. The first-order valence-electron chi connectivity index (χ1n) is 8.46. The number of aromatic nitrogens is 4. The van der Waals surface area contributed by atoms with Gasteiger partial charge in [0.05, 0.1) is 41.8 Å². The van der Waals surface area contributed by atoms with E-state index in [-0.39, 0.29) is 29.3 Å². The lowest BCUT2D eigenvalue weighted by Crippen LogP contribution is -2.17. The quantitative estimate of drug-likeness (QED) is 0.537. The summed E-state index contributed by atoms with van der Waals surface area (Å²) in [7, 11) is 1.47. The predicted octanol–water partition coefficient (Wildman–Crippen LogP) is 2.52. The lowest BCUT2D eigenvalue weighted by molar-refractivity contribution is 0.0876. The van der Waals surface area contributed by atoms with Crippen LogP contribution < -0.4 is 4.74 Å². The third kappa shape index (κ3) is 3.11. The van der Waals surface area contributed by atoms with Crippen molar-refractivity contribution in [2.45, 2.75) is 6.54 Å². The Morgan fingerprint density at radius 2 is 2.00 bits per heavy atom. The number of hydrogen-bond donors (Lipinski definition) is 1. The van der Waals surface area contributed by atoms with E-state index in [0.717, 1.165) is 15.7 Å². The van der Waals surface area contributed by atoms with E-state index in [0.29, 0.717) is 5.75 Å². The molecule has 140 valence electrons. The molecule has 2 aromatic heterocycles. The van der Waals surface area contributed by atoms with Gasteiger partial charge >= 0.3 is 0 Å². The van der Waals surface area contributed by atoms with Crippen molar-refractivity contribution >= 4 is 22.7 Å². The maximum atomic E-state index is 12.7. The molecule has 0 aliphatic rings. The Balaban J connectivity index is 1.57. The zero-order chi connectivity index (χ0) is 19.7. The number of carbonyl (C=O) groups is 2. The fourth-order valence-corrected chi connectivity index (χ4v) is 2.91. The molecule has 0 spiro atoms. The molecule has 0 saturated heterocycles. The highest BCUT2D eigenvalue weighted by atomic mass is 16.5. The van der Waals surface area contributed by atoms with Gasteiger partial charge in [0.25, 0.3) is 5.91 Å². The lowest BCUT2D eigenvalue weighted by Gasteiger charge is -2.05. The summed E-state index contributed by atoms with van der Waals surface area (Å²) in [5, 5.41) is 14.0. The van der Waals surface area contributed by atoms with Crippen molar-refractivity contribution < 1.29 is 19.4 Å². The van der Waals surface area contributed by atoms with Gasteiger partial charge in [-0.2, -0.15) is 5.10 Å². The van der Waals surface area contributed by atoms with Crippen LogP contribution >= 0.6 is 0 Å². The van der Waals surface area contributed by atoms with E-state index in [1.807, 2.05) is 24.3 Å². The van der Waals surface area contributed by atoms with Crippen LogP contribution in [0.1, 0.15) is 20.7 Å². The van der Waals surface area contributed by atoms with Crippen LogP contribution in [0.15, 0.2) is 61.2 Å². The maximum Gasteiger partial charge on any atom is 0.266 e. The number of aromatic hydroxyl groups is 1. The summed E-state index contributed by atoms with van der Waals surface area (Å²) in [4.78, 5) is 29.5. The molecule has 0 aliphatic heterocycles. The molecule has 8 nitrogen and oxygen atoms in total. The van der Waals surface area contributed by atoms with Crippen LogP contribution in [0.25, 0.3) is 11.0 Å². The van der Waals surface area contributed by atoms with Gasteiger partial charge in [-0.1, -0.05) is 12.1 Å². The molecule has 4 aromatic rings. The van der Waals surface area contributed by atoms with Crippen molar-refractivity contribution in [2.24, 2.45) is 0 Å². The third-order valence-corrected chi connectivity index (χ3v) is 4.38. The minimum Gasteiger partial charge on any atom is -0.507 e. The normalized spacial score (nSPS) is 10.9. The molecule has 0 bridgehead atoms. The van der Waals surface area contributed by atoms with Crippen molar-refractivity contribution in [1.82, 2.24) is 19.3 Å². The molecule has 0 unspecified atom stereocenters. The number of imidazole rings is 1. The summed E-state index contributed by atoms with van der Waals surface area (Å²) >= 11 is 0. The van der Waals surface area contributed by atoms with E-state index < -0.39 is 5.78 Å². The van der Waals surface area contributed by atoms with E-state index >= 15 is 0 Å². The molecular formula is C20H16N4O4. The number of phenols is 1. The van der Waals surface area contributed by atoms with Gasteiger partial charge in [0.15, 0.2) is 5.78 Å². The number of phenolic OH excluding ortho intramolecular Hbond substituents is 1.